The monoisotopic (exact) mass is 309 g/mol. The first-order valence-electron chi connectivity index (χ1n) is 7.46. The predicted octanol–water partition coefficient (Wildman–Crippen LogP) is 2.37. The lowest BCUT2D eigenvalue weighted by atomic mass is 10.2. The van der Waals surface area contributed by atoms with Gasteiger partial charge in [0.2, 0.25) is 0 Å². The smallest absolute Gasteiger partial charge is 0.410 e. The van der Waals surface area contributed by atoms with E-state index in [1.54, 1.807) is 11.8 Å². The highest BCUT2D eigenvalue weighted by Gasteiger charge is 2.34. The summed E-state index contributed by atoms with van der Waals surface area (Å²) < 4.78 is 12.2. The molecule has 1 amide bonds. The number of rotatable bonds is 2. The van der Waals surface area contributed by atoms with Crippen LogP contribution >= 0.6 is 0 Å². The Morgan fingerprint density at radius 2 is 2.05 bits per heavy atom. The molecule has 0 fully saturated rings. The summed E-state index contributed by atoms with van der Waals surface area (Å²) >= 11 is 0. The van der Waals surface area contributed by atoms with E-state index >= 15 is 0 Å². The van der Waals surface area contributed by atoms with Crippen LogP contribution in [0.2, 0.25) is 0 Å². The summed E-state index contributed by atoms with van der Waals surface area (Å²) in [6.45, 7) is 10.4. The normalized spacial score (nSPS) is 17.9. The maximum atomic E-state index is 12.3. The van der Waals surface area contributed by atoms with Gasteiger partial charge in [-0.05, 0) is 34.6 Å². The van der Waals surface area contributed by atoms with Crippen molar-refractivity contribution in [3.63, 3.8) is 0 Å². The quantitative estimate of drug-likeness (QED) is 0.784. The van der Waals surface area contributed by atoms with Crippen LogP contribution in [0, 0.1) is 0 Å². The lowest BCUT2D eigenvalue weighted by molar-refractivity contribution is 0.0119. The van der Waals surface area contributed by atoms with Crippen LogP contribution in [0.5, 0.6) is 0 Å². The van der Waals surface area contributed by atoms with Crippen LogP contribution in [-0.2, 0) is 16.0 Å². The number of aromatic nitrogens is 2. The highest BCUT2D eigenvalue weighted by Crippen LogP contribution is 2.27. The summed E-state index contributed by atoms with van der Waals surface area (Å²) in [5.74, 6) is 0.277. The molecule has 2 rings (SSSR count). The lowest BCUT2D eigenvalue weighted by Crippen LogP contribution is -2.44. The fraction of sp³-hybridized carbons (Fsp3) is 0.667. The number of fused-ring (bicyclic) bond motifs is 1. The first-order chi connectivity index (χ1) is 10.2. The Bertz CT molecular complexity index is 574. The molecular weight excluding hydrogens is 286 g/mol. The number of ether oxygens (including phenoxy) is 2. The Labute approximate surface area is 130 Å². The van der Waals surface area contributed by atoms with Crippen molar-refractivity contribution < 1.29 is 19.1 Å². The second-order valence-corrected chi connectivity index (χ2v) is 6.22. The Balaban J connectivity index is 2.19. The van der Waals surface area contributed by atoms with Gasteiger partial charge in [-0.25, -0.2) is 14.6 Å². The second kappa shape index (κ2) is 5.98. The number of hydrogen-bond acceptors (Lipinski definition) is 5. The van der Waals surface area contributed by atoms with Gasteiger partial charge in [-0.3, -0.25) is 4.90 Å². The molecule has 1 aliphatic rings. The van der Waals surface area contributed by atoms with Gasteiger partial charge in [-0.2, -0.15) is 0 Å². The number of nitrogens with zero attached hydrogens (tertiary/aromatic N) is 3. The fourth-order valence-electron chi connectivity index (χ4n) is 2.44. The summed E-state index contributed by atoms with van der Waals surface area (Å²) in [5, 5.41) is 0. The average molecular weight is 309 g/mol. The van der Waals surface area contributed by atoms with Crippen LogP contribution in [0.15, 0.2) is 6.20 Å². The molecule has 2 heterocycles. The van der Waals surface area contributed by atoms with Crippen molar-refractivity contribution in [2.24, 2.45) is 0 Å². The third-order valence-corrected chi connectivity index (χ3v) is 3.40. The number of esters is 1. The summed E-state index contributed by atoms with van der Waals surface area (Å²) in [5.41, 5.74) is -0.118. The summed E-state index contributed by atoms with van der Waals surface area (Å²) in [7, 11) is 0. The molecule has 1 aromatic rings. The van der Waals surface area contributed by atoms with E-state index in [4.69, 9.17) is 9.47 Å². The molecule has 1 unspecified atom stereocenters. The van der Waals surface area contributed by atoms with Crippen molar-refractivity contribution in [3.05, 3.63) is 17.7 Å². The Morgan fingerprint density at radius 1 is 1.36 bits per heavy atom. The Hall–Kier alpha value is -2.05. The molecule has 7 nitrogen and oxygen atoms in total. The number of carbonyl (C=O) groups excluding carboxylic acids is 2. The molecule has 0 saturated carbocycles. The maximum absolute atomic E-state index is 12.3. The molecule has 1 atom stereocenters. The molecule has 1 aliphatic heterocycles. The fourth-order valence-corrected chi connectivity index (χ4v) is 2.44. The van der Waals surface area contributed by atoms with E-state index in [-0.39, 0.29) is 18.1 Å². The number of hydrogen-bond donors (Lipinski definition) is 0. The van der Waals surface area contributed by atoms with Crippen molar-refractivity contribution in [2.45, 2.75) is 52.8 Å². The average Bonchev–Trinajstić information content (AvgIpc) is 2.82. The molecule has 0 aromatic carbocycles. The van der Waals surface area contributed by atoms with Crippen molar-refractivity contribution >= 4 is 12.1 Å². The molecule has 0 N–H and O–H groups in total. The summed E-state index contributed by atoms with van der Waals surface area (Å²) in [6, 6.07) is -0.258. The van der Waals surface area contributed by atoms with Gasteiger partial charge < -0.3 is 14.0 Å². The molecule has 0 radical (unpaired) electrons. The minimum Gasteiger partial charge on any atom is -0.461 e. The predicted molar refractivity (Wildman–Crippen MR) is 79.5 cm³/mol. The van der Waals surface area contributed by atoms with Gasteiger partial charge in [0.15, 0.2) is 0 Å². The van der Waals surface area contributed by atoms with Crippen molar-refractivity contribution in [1.29, 1.82) is 0 Å². The third kappa shape index (κ3) is 3.23. The summed E-state index contributed by atoms with van der Waals surface area (Å²) in [6.07, 6.45) is 1.13. The van der Waals surface area contributed by atoms with Crippen LogP contribution in [0.1, 0.15) is 57.0 Å². The Kier molecular flexibility index (Phi) is 4.44. The molecule has 122 valence electrons. The van der Waals surface area contributed by atoms with Gasteiger partial charge in [-0.1, -0.05) is 0 Å². The topological polar surface area (TPSA) is 73.7 Å². The molecule has 1 aromatic heterocycles. The molecule has 0 aliphatic carbocycles. The summed E-state index contributed by atoms with van der Waals surface area (Å²) in [4.78, 5) is 30.1. The van der Waals surface area contributed by atoms with Crippen LogP contribution < -0.4 is 0 Å². The van der Waals surface area contributed by atoms with E-state index < -0.39 is 5.60 Å². The van der Waals surface area contributed by atoms with Crippen LogP contribution in [0.25, 0.3) is 0 Å². The van der Waals surface area contributed by atoms with Gasteiger partial charge in [-0.15, -0.1) is 0 Å². The maximum Gasteiger partial charge on any atom is 0.410 e. The molecular formula is C15H23N3O4. The lowest BCUT2D eigenvalue weighted by Gasteiger charge is -2.35. The Morgan fingerprint density at radius 3 is 2.64 bits per heavy atom. The largest absolute Gasteiger partial charge is 0.461 e. The van der Waals surface area contributed by atoms with Crippen molar-refractivity contribution in [3.8, 4) is 0 Å². The minimum absolute atomic E-state index is 0.258. The van der Waals surface area contributed by atoms with Crippen molar-refractivity contribution in [1.82, 2.24) is 14.5 Å². The highest BCUT2D eigenvalue weighted by atomic mass is 16.6. The molecule has 0 spiro atoms. The third-order valence-electron chi connectivity index (χ3n) is 3.40. The second-order valence-electron chi connectivity index (χ2n) is 6.22. The zero-order valence-electron chi connectivity index (χ0n) is 13.8. The van der Waals surface area contributed by atoms with Crippen LogP contribution in [0.3, 0.4) is 0 Å². The van der Waals surface area contributed by atoms with E-state index in [1.165, 1.54) is 6.20 Å². The number of carbonyl (C=O) groups is 2. The zero-order valence-corrected chi connectivity index (χ0v) is 13.8. The van der Waals surface area contributed by atoms with Gasteiger partial charge in [0.25, 0.3) is 0 Å². The van der Waals surface area contributed by atoms with Gasteiger partial charge in [0.1, 0.15) is 17.1 Å². The van der Waals surface area contributed by atoms with E-state index in [1.807, 2.05) is 32.3 Å². The van der Waals surface area contributed by atoms with Gasteiger partial charge in [0.05, 0.1) is 18.8 Å². The number of amides is 1. The SMILES string of the molecule is CCOC(=O)c1cnc2n1CCN(C(=O)OC(C)(C)C)C2C. The van der Waals surface area contributed by atoms with Crippen LogP contribution in [-0.4, -0.2) is 45.3 Å². The van der Waals surface area contributed by atoms with Gasteiger partial charge in [0, 0.05) is 13.1 Å². The molecule has 0 bridgehead atoms. The van der Waals surface area contributed by atoms with Crippen LogP contribution in [0.4, 0.5) is 4.79 Å². The molecule has 22 heavy (non-hydrogen) atoms. The minimum atomic E-state index is -0.542. The van der Waals surface area contributed by atoms with E-state index in [9.17, 15) is 9.59 Å². The molecule has 7 heteroatoms. The number of imidazole rings is 1. The highest BCUT2D eigenvalue weighted by molar-refractivity contribution is 5.87. The van der Waals surface area contributed by atoms with E-state index in [0.717, 1.165) is 0 Å². The zero-order chi connectivity index (χ0) is 16.5. The molecule has 0 saturated heterocycles. The van der Waals surface area contributed by atoms with E-state index in [0.29, 0.717) is 31.2 Å². The van der Waals surface area contributed by atoms with Gasteiger partial charge >= 0.3 is 12.1 Å². The first-order valence-corrected chi connectivity index (χ1v) is 7.46. The van der Waals surface area contributed by atoms with Crippen molar-refractivity contribution in [2.75, 3.05) is 13.2 Å². The first kappa shape index (κ1) is 16.3. The standard InChI is InChI=1S/C15H23N3O4/c1-6-21-13(19)11-9-16-12-10(2)17(7-8-18(11)12)14(20)22-15(3,4)5/h9-10H,6-8H2,1-5H3. The van der Waals surface area contributed by atoms with E-state index in [2.05, 4.69) is 4.98 Å².